The number of benzene rings is 2. The Morgan fingerprint density at radius 3 is 2.97 bits per heavy atom. The van der Waals surface area contributed by atoms with E-state index < -0.39 is 0 Å². The molecule has 1 N–H and O–H groups in total. The molecule has 4 rings (SSSR count). The molecule has 30 heavy (non-hydrogen) atoms. The van der Waals surface area contributed by atoms with Crippen molar-refractivity contribution in [3.05, 3.63) is 53.6 Å². The molecule has 156 valence electrons. The van der Waals surface area contributed by atoms with Crippen molar-refractivity contribution in [2.75, 3.05) is 23.4 Å². The summed E-state index contributed by atoms with van der Waals surface area (Å²) in [5.74, 6) is 1.45. The number of hydrogen-bond acceptors (Lipinski definition) is 4. The van der Waals surface area contributed by atoms with Gasteiger partial charge in [-0.2, -0.15) is 0 Å². The van der Waals surface area contributed by atoms with Crippen LogP contribution in [0.1, 0.15) is 37.8 Å². The van der Waals surface area contributed by atoms with Crippen molar-refractivity contribution >= 4 is 29.3 Å². The zero-order chi connectivity index (χ0) is 21.1. The normalized spacial score (nSPS) is 17.9. The van der Waals surface area contributed by atoms with Crippen molar-refractivity contribution in [1.29, 1.82) is 0 Å². The van der Waals surface area contributed by atoms with Gasteiger partial charge in [0, 0.05) is 48.0 Å². The number of nitrogens with one attached hydrogen (secondary N) is 1. The molecule has 2 amide bonds. The van der Waals surface area contributed by atoms with Gasteiger partial charge < -0.3 is 19.7 Å². The van der Waals surface area contributed by atoms with Crippen LogP contribution < -0.4 is 19.7 Å². The fourth-order valence-corrected chi connectivity index (χ4v) is 3.89. The van der Waals surface area contributed by atoms with Gasteiger partial charge in [-0.3, -0.25) is 9.59 Å². The van der Waals surface area contributed by atoms with Crippen LogP contribution in [0.3, 0.4) is 0 Å². The third-order valence-electron chi connectivity index (χ3n) is 5.24. The van der Waals surface area contributed by atoms with Crippen molar-refractivity contribution in [1.82, 2.24) is 0 Å². The molecule has 0 bridgehead atoms. The average Bonchev–Trinajstić information content (AvgIpc) is 3.30. The lowest BCUT2D eigenvalue weighted by Gasteiger charge is -2.16. The number of nitrogens with zero attached hydrogens (tertiary/aromatic N) is 1. The summed E-state index contributed by atoms with van der Waals surface area (Å²) in [6, 6.07) is 11.3. The number of carbonyl (C=O) groups excluding carboxylic acids is 2. The molecule has 6 nitrogen and oxygen atoms in total. The smallest absolute Gasteiger partial charge is 0.248 e. The molecule has 0 unspecified atom stereocenters. The number of carbonyl (C=O) groups is 2. The van der Waals surface area contributed by atoms with Crippen LogP contribution in [0.5, 0.6) is 11.5 Å². The largest absolute Gasteiger partial charge is 0.493 e. The van der Waals surface area contributed by atoms with Crippen molar-refractivity contribution in [2.24, 2.45) is 0 Å². The Labute approximate surface area is 176 Å². The van der Waals surface area contributed by atoms with Crippen molar-refractivity contribution < 1.29 is 19.1 Å². The van der Waals surface area contributed by atoms with Gasteiger partial charge in [-0.25, -0.2) is 0 Å². The number of hydrogen-bond donors (Lipinski definition) is 1. The number of rotatable bonds is 6. The van der Waals surface area contributed by atoms with E-state index in [1.165, 1.54) is 6.08 Å². The standard InChI is InChI=1S/C24H26N2O4/c1-3-29-21-14-18-12-16(2)30-22(18)13-17(21)9-10-23(27)25-19-6-4-7-20(15-19)26-11-5-8-24(26)28/h4,6-7,9-10,13-16H,3,5,8,11-12H2,1-2H3,(H,25,27)/b10-9+/t16-/m0/s1. The highest BCUT2D eigenvalue weighted by Crippen LogP contribution is 2.35. The highest BCUT2D eigenvalue weighted by Gasteiger charge is 2.22. The highest BCUT2D eigenvalue weighted by molar-refractivity contribution is 6.03. The molecule has 0 aromatic heterocycles. The van der Waals surface area contributed by atoms with Gasteiger partial charge in [0.15, 0.2) is 0 Å². The monoisotopic (exact) mass is 406 g/mol. The molecular formula is C24H26N2O4. The van der Waals surface area contributed by atoms with Crippen LogP contribution >= 0.6 is 0 Å². The minimum Gasteiger partial charge on any atom is -0.493 e. The summed E-state index contributed by atoms with van der Waals surface area (Å²) in [7, 11) is 0. The molecule has 2 aromatic carbocycles. The Morgan fingerprint density at radius 2 is 2.20 bits per heavy atom. The molecule has 1 atom stereocenters. The van der Waals surface area contributed by atoms with Gasteiger partial charge in [0.2, 0.25) is 11.8 Å². The molecule has 2 aromatic rings. The maximum absolute atomic E-state index is 12.5. The lowest BCUT2D eigenvalue weighted by molar-refractivity contribution is -0.117. The third-order valence-corrected chi connectivity index (χ3v) is 5.24. The minimum absolute atomic E-state index is 0.120. The summed E-state index contributed by atoms with van der Waals surface area (Å²) in [4.78, 5) is 26.2. The number of ether oxygens (including phenoxy) is 2. The molecule has 2 aliphatic heterocycles. The third kappa shape index (κ3) is 4.32. The van der Waals surface area contributed by atoms with E-state index in [0.29, 0.717) is 18.7 Å². The Balaban J connectivity index is 1.48. The molecule has 1 saturated heterocycles. The molecule has 0 radical (unpaired) electrons. The van der Waals surface area contributed by atoms with E-state index in [-0.39, 0.29) is 17.9 Å². The Morgan fingerprint density at radius 1 is 1.33 bits per heavy atom. The molecule has 0 saturated carbocycles. The summed E-state index contributed by atoms with van der Waals surface area (Å²) >= 11 is 0. The first-order valence-electron chi connectivity index (χ1n) is 10.4. The van der Waals surface area contributed by atoms with Gasteiger partial charge in [0.1, 0.15) is 17.6 Å². The minimum atomic E-state index is -0.253. The van der Waals surface area contributed by atoms with E-state index in [1.807, 2.05) is 50.2 Å². The predicted molar refractivity (Wildman–Crippen MR) is 117 cm³/mol. The Kier molecular flexibility index (Phi) is 5.74. The lowest BCUT2D eigenvalue weighted by atomic mass is 10.1. The second-order valence-corrected chi connectivity index (χ2v) is 7.59. The summed E-state index contributed by atoms with van der Waals surface area (Å²) in [5.41, 5.74) is 3.39. The maximum Gasteiger partial charge on any atom is 0.248 e. The van der Waals surface area contributed by atoms with E-state index in [1.54, 1.807) is 11.0 Å². The first kappa shape index (κ1) is 20.0. The zero-order valence-corrected chi connectivity index (χ0v) is 17.3. The topological polar surface area (TPSA) is 67.9 Å². The molecule has 0 spiro atoms. The summed E-state index contributed by atoms with van der Waals surface area (Å²) in [6.07, 6.45) is 5.66. The molecule has 0 aliphatic carbocycles. The number of anilines is 2. The fourth-order valence-electron chi connectivity index (χ4n) is 3.89. The van der Waals surface area contributed by atoms with Gasteiger partial charge in [0.25, 0.3) is 0 Å². The van der Waals surface area contributed by atoms with Crippen LogP contribution in [0, 0.1) is 0 Å². The van der Waals surface area contributed by atoms with E-state index in [4.69, 9.17) is 9.47 Å². The van der Waals surface area contributed by atoms with Crippen LogP contribution in [-0.2, 0) is 16.0 Å². The van der Waals surface area contributed by atoms with E-state index in [9.17, 15) is 9.59 Å². The van der Waals surface area contributed by atoms with Gasteiger partial charge in [-0.15, -0.1) is 0 Å². The van der Waals surface area contributed by atoms with Crippen molar-refractivity contribution in [3.8, 4) is 11.5 Å². The van der Waals surface area contributed by atoms with Crippen LogP contribution in [0.4, 0.5) is 11.4 Å². The SMILES string of the molecule is CCOc1cc2c(cc1/C=C/C(=O)Nc1cccc(N3CCCC3=O)c1)O[C@@H](C)C2. The quantitative estimate of drug-likeness (QED) is 0.731. The highest BCUT2D eigenvalue weighted by atomic mass is 16.5. The summed E-state index contributed by atoms with van der Waals surface area (Å²) in [5, 5.41) is 2.87. The van der Waals surface area contributed by atoms with Gasteiger partial charge >= 0.3 is 0 Å². The molecule has 2 aliphatic rings. The van der Waals surface area contributed by atoms with Crippen LogP contribution in [-0.4, -0.2) is 31.1 Å². The van der Waals surface area contributed by atoms with Crippen molar-refractivity contribution in [2.45, 2.75) is 39.2 Å². The summed E-state index contributed by atoms with van der Waals surface area (Å²) < 4.78 is 11.6. The van der Waals surface area contributed by atoms with Crippen LogP contribution in [0.25, 0.3) is 6.08 Å². The molecule has 6 heteroatoms. The maximum atomic E-state index is 12.5. The van der Waals surface area contributed by atoms with Crippen LogP contribution in [0.15, 0.2) is 42.5 Å². The van der Waals surface area contributed by atoms with Gasteiger partial charge in [0.05, 0.1) is 6.61 Å². The van der Waals surface area contributed by atoms with E-state index in [0.717, 1.165) is 47.7 Å². The van der Waals surface area contributed by atoms with Gasteiger partial charge in [-0.1, -0.05) is 6.07 Å². The summed E-state index contributed by atoms with van der Waals surface area (Å²) in [6.45, 7) is 5.23. The first-order valence-corrected chi connectivity index (χ1v) is 10.4. The lowest BCUT2D eigenvalue weighted by Crippen LogP contribution is -2.23. The van der Waals surface area contributed by atoms with E-state index in [2.05, 4.69) is 5.32 Å². The number of fused-ring (bicyclic) bond motifs is 1. The van der Waals surface area contributed by atoms with Crippen LogP contribution in [0.2, 0.25) is 0 Å². The fraction of sp³-hybridized carbons (Fsp3) is 0.333. The Hall–Kier alpha value is -3.28. The molecule has 1 fully saturated rings. The second kappa shape index (κ2) is 8.61. The van der Waals surface area contributed by atoms with Gasteiger partial charge in [-0.05, 0) is 56.7 Å². The average molecular weight is 406 g/mol. The zero-order valence-electron chi connectivity index (χ0n) is 17.3. The number of amides is 2. The molecule has 2 heterocycles. The second-order valence-electron chi connectivity index (χ2n) is 7.59. The predicted octanol–water partition coefficient (Wildman–Crippen LogP) is 4.19. The van der Waals surface area contributed by atoms with E-state index >= 15 is 0 Å². The molecular weight excluding hydrogens is 380 g/mol. The Bertz CT molecular complexity index is 999. The van der Waals surface area contributed by atoms with Crippen molar-refractivity contribution in [3.63, 3.8) is 0 Å². The first-order chi connectivity index (χ1) is 14.5.